The maximum Gasteiger partial charge on any atom is 0.416 e. The molecular formula is C22H15F4N3O4. The van der Waals surface area contributed by atoms with Crippen LogP contribution in [0.4, 0.5) is 17.6 Å². The van der Waals surface area contributed by atoms with Crippen LogP contribution in [0.2, 0.25) is 0 Å². The summed E-state index contributed by atoms with van der Waals surface area (Å²) in [6.07, 6.45) is -5.36. The van der Waals surface area contributed by atoms with Gasteiger partial charge in [0, 0.05) is 17.5 Å². The van der Waals surface area contributed by atoms with Crippen molar-refractivity contribution in [3.05, 3.63) is 70.2 Å². The lowest BCUT2D eigenvalue weighted by atomic mass is 9.96. The molecule has 170 valence electrons. The van der Waals surface area contributed by atoms with Crippen LogP contribution in [-0.4, -0.2) is 39.6 Å². The Morgan fingerprint density at radius 3 is 2.55 bits per heavy atom. The number of hydrogen-bond donors (Lipinski definition) is 2. The number of benzene rings is 2. The number of hydrogen-bond acceptors (Lipinski definition) is 4. The zero-order chi connectivity index (χ0) is 24.1. The van der Waals surface area contributed by atoms with Gasteiger partial charge in [-0.05, 0) is 35.9 Å². The van der Waals surface area contributed by atoms with Gasteiger partial charge in [0.1, 0.15) is 12.4 Å². The molecule has 33 heavy (non-hydrogen) atoms. The average Bonchev–Trinajstić information content (AvgIpc) is 3.04. The summed E-state index contributed by atoms with van der Waals surface area (Å²) in [6.45, 7) is -0.708. The van der Waals surface area contributed by atoms with Gasteiger partial charge in [0.15, 0.2) is 5.78 Å². The Labute approximate surface area is 183 Å². The summed E-state index contributed by atoms with van der Waals surface area (Å²) in [5.41, 5.74) is 4.50. The maximum atomic E-state index is 14.0. The quantitative estimate of drug-likeness (QED) is 0.567. The number of primary amides is 1. The molecule has 0 radical (unpaired) electrons. The number of carboxylic acids is 1. The molecule has 0 unspecified atom stereocenters. The third-order valence-corrected chi connectivity index (χ3v) is 5.27. The molecular weight excluding hydrogens is 446 g/mol. The molecule has 0 saturated heterocycles. The Kier molecular flexibility index (Phi) is 5.27. The number of aromatic nitrogens is 1. The fourth-order valence-corrected chi connectivity index (χ4v) is 4.03. The first kappa shape index (κ1) is 22.2. The van der Waals surface area contributed by atoms with Gasteiger partial charge >= 0.3 is 12.1 Å². The van der Waals surface area contributed by atoms with E-state index in [-0.39, 0.29) is 52.1 Å². The molecule has 1 aliphatic rings. The number of alkyl halides is 3. The zero-order valence-electron chi connectivity index (χ0n) is 16.7. The molecule has 1 aromatic heterocycles. The number of ketones is 1. The first-order valence-electron chi connectivity index (χ1n) is 9.57. The van der Waals surface area contributed by atoms with E-state index >= 15 is 0 Å². The van der Waals surface area contributed by atoms with Gasteiger partial charge in [-0.25, -0.2) is 4.39 Å². The summed E-state index contributed by atoms with van der Waals surface area (Å²) in [6, 6.07) is 6.39. The second-order valence-electron chi connectivity index (χ2n) is 7.48. The van der Waals surface area contributed by atoms with Crippen molar-refractivity contribution in [3.63, 3.8) is 0 Å². The number of fused-ring (bicyclic) bond motifs is 3. The Morgan fingerprint density at radius 1 is 1.18 bits per heavy atom. The summed E-state index contributed by atoms with van der Waals surface area (Å²) >= 11 is 0. The van der Waals surface area contributed by atoms with Crippen molar-refractivity contribution in [1.29, 1.82) is 0 Å². The molecule has 2 aromatic carbocycles. The van der Waals surface area contributed by atoms with Crippen LogP contribution in [-0.2, 0) is 17.5 Å². The maximum absolute atomic E-state index is 14.0. The van der Waals surface area contributed by atoms with E-state index in [0.717, 1.165) is 12.1 Å². The molecule has 3 aromatic rings. The molecule has 0 fully saturated rings. The van der Waals surface area contributed by atoms with E-state index in [0.29, 0.717) is 6.07 Å². The lowest BCUT2D eigenvalue weighted by Crippen LogP contribution is -2.24. The van der Waals surface area contributed by atoms with E-state index in [1.54, 1.807) is 0 Å². The van der Waals surface area contributed by atoms with E-state index in [2.05, 4.69) is 4.99 Å². The number of amides is 1. The minimum atomic E-state index is -4.79. The lowest BCUT2D eigenvalue weighted by Gasteiger charge is -2.17. The van der Waals surface area contributed by atoms with E-state index in [1.807, 2.05) is 0 Å². The fraction of sp³-hybridized carbons (Fsp3) is 0.182. The van der Waals surface area contributed by atoms with Crippen molar-refractivity contribution in [3.8, 4) is 0 Å². The second-order valence-corrected chi connectivity index (χ2v) is 7.48. The molecule has 1 amide bonds. The van der Waals surface area contributed by atoms with Crippen molar-refractivity contribution in [2.45, 2.75) is 19.1 Å². The highest BCUT2D eigenvalue weighted by atomic mass is 19.4. The predicted molar refractivity (Wildman–Crippen MR) is 109 cm³/mol. The van der Waals surface area contributed by atoms with Crippen LogP contribution < -0.4 is 5.73 Å². The minimum Gasteiger partial charge on any atom is -0.481 e. The molecule has 4 rings (SSSR count). The summed E-state index contributed by atoms with van der Waals surface area (Å²) in [4.78, 5) is 40.2. The van der Waals surface area contributed by atoms with Gasteiger partial charge in [-0.15, -0.1) is 0 Å². The minimum absolute atomic E-state index is 0.0103. The Morgan fingerprint density at radius 2 is 1.91 bits per heavy atom. The summed E-state index contributed by atoms with van der Waals surface area (Å²) in [5.74, 6) is -3.71. The summed E-state index contributed by atoms with van der Waals surface area (Å²) in [7, 11) is 0. The third-order valence-electron chi connectivity index (χ3n) is 5.27. The standard InChI is InChI=1S/C22H15F4N3O4/c23-12-5-10(4-11(6-12)22(24,25)26)9-29-15-3-1-2-13(21(27)33)18(15)19-16(30)8-28-14(20(19)29)7-17(31)32/h1-6H,7-9H2,(H2,27,33)(H,31,32). The van der Waals surface area contributed by atoms with Crippen molar-refractivity contribution in [2.24, 2.45) is 10.7 Å². The molecule has 3 N–H and O–H groups in total. The molecule has 2 heterocycles. The van der Waals surface area contributed by atoms with Gasteiger partial charge in [0.25, 0.3) is 0 Å². The molecule has 0 bridgehead atoms. The van der Waals surface area contributed by atoms with Crippen LogP contribution in [0, 0.1) is 5.82 Å². The smallest absolute Gasteiger partial charge is 0.416 e. The zero-order valence-corrected chi connectivity index (χ0v) is 16.7. The van der Waals surface area contributed by atoms with Crippen LogP contribution >= 0.6 is 0 Å². The number of nitrogens with two attached hydrogens (primary N) is 1. The Bertz CT molecular complexity index is 1370. The number of carbonyl (C=O) groups is 3. The fourth-order valence-electron chi connectivity index (χ4n) is 4.03. The van der Waals surface area contributed by atoms with Gasteiger partial charge in [-0.3, -0.25) is 19.4 Å². The number of Topliss-reactive ketones (excluding diaryl/α,β-unsaturated/α-hetero) is 1. The highest BCUT2D eigenvalue weighted by Crippen LogP contribution is 2.35. The average molecular weight is 461 g/mol. The second kappa shape index (κ2) is 7.84. The van der Waals surface area contributed by atoms with Gasteiger partial charge in [-0.2, -0.15) is 13.2 Å². The molecule has 0 atom stereocenters. The highest BCUT2D eigenvalue weighted by Gasteiger charge is 2.33. The molecule has 0 aliphatic carbocycles. The third kappa shape index (κ3) is 3.97. The van der Waals surface area contributed by atoms with E-state index < -0.39 is 41.6 Å². The van der Waals surface area contributed by atoms with Crippen molar-refractivity contribution < 1.29 is 37.1 Å². The van der Waals surface area contributed by atoms with Gasteiger partial charge in [0.05, 0.1) is 34.5 Å². The van der Waals surface area contributed by atoms with Gasteiger partial charge in [0.2, 0.25) is 5.91 Å². The monoisotopic (exact) mass is 461 g/mol. The number of aliphatic imine (C=N–C) groups is 1. The largest absolute Gasteiger partial charge is 0.481 e. The van der Waals surface area contributed by atoms with Crippen LogP contribution in [0.5, 0.6) is 0 Å². The molecule has 7 nitrogen and oxygen atoms in total. The first-order valence-corrected chi connectivity index (χ1v) is 9.57. The van der Waals surface area contributed by atoms with Gasteiger partial charge < -0.3 is 15.4 Å². The lowest BCUT2D eigenvalue weighted by molar-refractivity contribution is -0.138. The van der Waals surface area contributed by atoms with Gasteiger partial charge in [-0.1, -0.05) is 6.07 Å². The molecule has 0 saturated carbocycles. The van der Waals surface area contributed by atoms with E-state index in [4.69, 9.17) is 5.73 Å². The Balaban J connectivity index is 2.02. The van der Waals surface area contributed by atoms with Crippen LogP contribution in [0.15, 0.2) is 41.4 Å². The topological polar surface area (TPSA) is 115 Å². The number of nitrogens with zero attached hydrogens (tertiary/aromatic N) is 2. The summed E-state index contributed by atoms with van der Waals surface area (Å²) in [5, 5.41) is 9.44. The first-order chi connectivity index (χ1) is 15.5. The molecule has 0 spiro atoms. The van der Waals surface area contributed by atoms with E-state index in [1.165, 1.54) is 22.8 Å². The number of carbonyl (C=O) groups excluding carboxylic acids is 2. The summed E-state index contributed by atoms with van der Waals surface area (Å²) < 4.78 is 55.0. The van der Waals surface area contributed by atoms with Crippen LogP contribution in [0.25, 0.3) is 10.9 Å². The normalized spacial score (nSPS) is 13.7. The predicted octanol–water partition coefficient (Wildman–Crippen LogP) is 3.41. The number of carboxylic acid groups (broad SMARTS) is 1. The SMILES string of the molecule is NC(=O)c1cccc2c1c1c(n2Cc2cc(F)cc(C(F)(F)F)c2)C(CC(=O)O)=NCC1=O. The van der Waals surface area contributed by atoms with Crippen LogP contribution in [0.3, 0.4) is 0 Å². The Hall–Kier alpha value is -4.02. The highest BCUT2D eigenvalue weighted by molar-refractivity contribution is 6.26. The van der Waals surface area contributed by atoms with E-state index in [9.17, 15) is 37.1 Å². The number of aliphatic carboxylic acids is 1. The molecule has 11 heteroatoms. The molecule has 1 aliphatic heterocycles. The van der Waals surface area contributed by atoms with Crippen LogP contribution in [0.1, 0.15) is 44.0 Å². The number of rotatable bonds is 5. The van der Waals surface area contributed by atoms with Crippen molar-refractivity contribution in [1.82, 2.24) is 4.57 Å². The van der Waals surface area contributed by atoms with Crippen molar-refractivity contribution in [2.75, 3.05) is 6.54 Å². The number of halogens is 4. The van der Waals surface area contributed by atoms with Crippen molar-refractivity contribution >= 4 is 34.3 Å².